The normalized spacial score (nSPS) is 24.4. The van der Waals surface area contributed by atoms with Crippen molar-refractivity contribution < 1.29 is 4.79 Å². The van der Waals surface area contributed by atoms with Gasteiger partial charge in [0.1, 0.15) is 0 Å². The third-order valence-electron chi connectivity index (χ3n) is 5.26. The topological polar surface area (TPSA) is 23.6 Å². The van der Waals surface area contributed by atoms with Gasteiger partial charge < -0.3 is 4.90 Å². The smallest absolute Gasteiger partial charge is 0.225 e. The van der Waals surface area contributed by atoms with Crippen molar-refractivity contribution in [1.29, 1.82) is 0 Å². The summed E-state index contributed by atoms with van der Waals surface area (Å²) >= 11 is 0. The van der Waals surface area contributed by atoms with Gasteiger partial charge in [0.25, 0.3) is 0 Å². The van der Waals surface area contributed by atoms with E-state index in [2.05, 4.69) is 47.1 Å². The minimum Gasteiger partial charge on any atom is -0.340 e. The Balaban J connectivity index is 1.54. The molecule has 3 heteroatoms. The van der Waals surface area contributed by atoms with Gasteiger partial charge in [-0.1, -0.05) is 49.6 Å². The Bertz CT molecular complexity index is 481. The van der Waals surface area contributed by atoms with Gasteiger partial charge in [-0.25, -0.2) is 0 Å². The number of hydrogen-bond acceptors (Lipinski definition) is 2. The van der Waals surface area contributed by atoms with Crippen molar-refractivity contribution in [3.63, 3.8) is 0 Å². The van der Waals surface area contributed by atoms with E-state index >= 15 is 0 Å². The van der Waals surface area contributed by atoms with Crippen LogP contribution in [0.15, 0.2) is 30.3 Å². The molecular formula is C19H28N2O. The Kier molecular flexibility index (Phi) is 5.14. The van der Waals surface area contributed by atoms with Crippen LogP contribution in [0.5, 0.6) is 0 Å². The molecule has 2 aliphatic rings. The van der Waals surface area contributed by atoms with E-state index in [0.717, 1.165) is 39.0 Å². The Morgan fingerprint density at radius 2 is 1.82 bits per heavy atom. The van der Waals surface area contributed by atoms with Crippen molar-refractivity contribution in [3.8, 4) is 0 Å². The summed E-state index contributed by atoms with van der Waals surface area (Å²) in [5.41, 5.74) is 1.36. The zero-order chi connectivity index (χ0) is 15.4. The molecule has 22 heavy (non-hydrogen) atoms. The second-order valence-corrected chi connectivity index (χ2v) is 6.92. The molecule has 1 aliphatic heterocycles. The van der Waals surface area contributed by atoms with Crippen LogP contribution >= 0.6 is 0 Å². The van der Waals surface area contributed by atoms with Crippen molar-refractivity contribution in [2.24, 2.45) is 5.92 Å². The van der Waals surface area contributed by atoms with E-state index in [1.165, 1.54) is 24.8 Å². The third kappa shape index (κ3) is 3.70. The summed E-state index contributed by atoms with van der Waals surface area (Å²) in [6, 6.07) is 11.1. The van der Waals surface area contributed by atoms with E-state index in [-0.39, 0.29) is 0 Å². The van der Waals surface area contributed by atoms with Gasteiger partial charge >= 0.3 is 0 Å². The first-order chi connectivity index (χ1) is 10.7. The van der Waals surface area contributed by atoms with Gasteiger partial charge in [-0.05, 0) is 25.3 Å². The van der Waals surface area contributed by atoms with Crippen LogP contribution in [-0.2, 0) is 11.3 Å². The first kappa shape index (κ1) is 15.5. The lowest BCUT2D eigenvalue weighted by Crippen LogP contribution is -2.54. The number of benzene rings is 1. The molecular weight excluding hydrogens is 272 g/mol. The first-order valence-corrected chi connectivity index (χ1v) is 8.81. The first-order valence-electron chi connectivity index (χ1n) is 8.81. The molecule has 1 saturated heterocycles. The molecule has 1 amide bonds. The number of hydrogen-bond donors (Lipinski definition) is 0. The molecule has 1 saturated carbocycles. The van der Waals surface area contributed by atoms with Crippen molar-refractivity contribution in [2.75, 3.05) is 19.6 Å². The number of carbonyl (C=O) groups excluding carboxylic acids is 1. The summed E-state index contributed by atoms with van der Waals surface area (Å²) in [6.45, 7) is 6.03. The summed E-state index contributed by atoms with van der Waals surface area (Å²) in [4.78, 5) is 17.3. The highest BCUT2D eigenvalue weighted by Gasteiger charge is 2.31. The van der Waals surface area contributed by atoms with Crippen LogP contribution in [0.25, 0.3) is 0 Å². The lowest BCUT2D eigenvalue weighted by atomic mass is 9.88. The molecule has 3 nitrogen and oxygen atoms in total. The van der Waals surface area contributed by atoms with Gasteiger partial charge in [-0.3, -0.25) is 9.69 Å². The highest BCUT2D eigenvalue weighted by atomic mass is 16.2. The minimum absolute atomic E-state index is 0.307. The van der Waals surface area contributed by atoms with E-state index in [1.807, 2.05) is 0 Å². The molecule has 3 rings (SSSR count). The highest BCUT2D eigenvalue weighted by Crippen LogP contribution is 2.26. The van der Waals surface area contributed by atoms with Crippen molar-refractivity contribution in [2.45, 2.75) is 51.6 Å². The van der Waals surface area contributed by atoms with Crippen LogP contribution in [0.4, 0.5) is 0 Å². The maximum absolute atomic E-state index is 12.7. The van der Waals surface area contributed by atoms with Crippen LogP contribution in [0.2, 0.25) is 0 Å². The minimum atomic E-state index is 0.307. The van der Waals surface area contributed by atoms with Gasteiger partial charge in [0.05, 0.1) is 0 Å². The quantitative estimate of drug-likeness (QED) is 0.855. The van der Waals surface area contributed by atoms with Crippen molar-refractivity contribution in [1.82, 2.24) is 9.80 Å². The fourth-order valence-electron chi connectivity index (χ4n) is 3.86. The van der Waals surface area contributed by atoms with Crippen LogP contribution in [0, 0.1) is 5.92 Å². The summed E-state index contributed by atoms with van der Waals surface area (Å²) in [7, 11) is 0. The van der Waals surface area contributed by atoms with E-state index in [0.29, 0.717) is 17.9 Å². The molecule has 0 spiro atoms. The van der Waals surface area contributed by atoms with Crippen molar-refractivity contribution in [3.05, 3.63) is 35.9 Å². The van der Waals surface area contributed by atoms with Crippen LogP contribution in [-0.4, -0.2) is 41.4 Å². The lowest BCUT2D eigenvalue weighted by molar-refractivity contribution is -0.139. The van der Waals surface area contributed by atoms with Gasteiger partial charge in [0, 0.05) is 38.1 Å². The van der Waals surface area contributed by atoms with E-state index in [1.54, 1.807) is 0 Å². The second-order valence-electron chi connectivity index (χ2n) is 6.92. The molecule has 1 unspecified atom stereocenters. The largest absolute Gasteiger partial charge is 0.340 e. The predicted molar refractivity (Wildman–Crippen MR) is 89.5 cm³/mol. The van der Waals surface area contributed by atoms with Gasteiger partial charge in [-0.15, -0.1) is 0 Å². The Labute approximate surface area is 134 Å². The maximum atomic E-state index is 12.7. The highest BCUT2D eigenvalue weighted by molar-refractivity contribution is 5.79. The molecule has 0 N–H and O–H groups in total. The van der Waals surface area contributed by atoms with Gasteiger partial charge in [-0.2, -0.15) is 0 Å². The Morgan fingerprint density at radius 1 is 1.09 bits per heavy atom. The number of amides is 1. The fourth-order valence-corrected chi connectivity index (χ4v) is 3.86. The van der Waals surface area contributed by atoms with Gasteiger partial charge in [0.2, 0.25) is 5.91 Å². The molecule has 1 aromatic carbocycles. The summed E-state index contributed by atoms with van der Waals surface area (Å²) < 4.78 is 0. The molecule has 0 aromatic heterocycles. The van der Waals surface area contributed by atoms with Crippen LogP contribution < -0.4 is 0 Å². The lowest BCUT2D eigenvalue weighted by Gasteiger charge is -2.41. The Morgan fingerprint density at radius 3 is 2.50 bits per heavy atom. The molecule has 0 radical (unpaired) electrons. The monoisotopic (exact) mass is 300 g/mol. The zero-order valence-electron chi connectivity index (χ0n) is 13.7. The van der Waals surface area contributed by atoms with E-state index in [4.69, 9.17) is 0 Å². The average molecular weight is 300 g/mol. The van der Waals surface area contributed by atoms with Crippen LogP contribution in [0.3, 0.4) is 0 Å². The van der Waals surface area contributed by atoms with E-state index in [9.17, 15) is 4.79 Å². The summed E-state index contributed by atoms with van der Waals surface area (Å²) in [6.07, 6.45) is 6.00. The summed E-state index contributed by atoms with van der Waals surface area (Å²) in [5.74, 6) is 0.729. The number of piperazine rings is 1. The molecule has 1 aromatic rings. The maximum Gasteiger partial charge on any atom is 0.225 e. The fraction of sp³-hybridized carbons (Fsp3) is 0.632. The SMILES string of the molecule is CC1CN(C(=O)C2CCCCC2)CCN1Cc1ccccc1. The Hall–Kier alpha value is -1.35. The van der Waals surface area contributed by atoms with Crippen molar-refractivity contribution >= 4 is 5.91 Å². The van der Waals surface area contributed by atoms with Gasteiger partial charge in [0.15, 0.2) is 0 Å². The molecule has 1 heterocycles. The summed E-state index contributed by atoms with van der Waals surface area (Å²) in [5, 5.41) is 0. The van der Waals surface area contributed by atoms with E-state index < -0.39 is 0 Å². The predicted octanol–water partition coefficient (Wildman–Crippen LogP) is 3.30. The standard InChI is InChI=1S/C19H28N2O/c1-16-14-21(19(22)18-10-6-3-7-11-18)13-12-20(16)15-17-8-4-2-5-9-17/h2,4-5,8-9,16,18H,3,6-7,10-15H2,1H3. The number of carbonyl (C=O) groups is 1. The van der Waals surface area contributed by atoms with Crippen LogP contribution in [0.1, 0.15) is 44.6 Å². The number of nitrogens with zero attached hydrogens (tertiary/aromatic N) is 2. The third-order valence-corrected chi connectivity index (χ3v) is 5.26. The zero-order valence-corrected chi connectivity index (χ0v) is 13.7. The molecule has 0 bridgehead atoms. The molecule has 2 fully saturated rings. The molecule has 1 atom stereocenters. The number of rotatable bonds is 3. The average Bonchev–Trinajstić information content (AvgIpc) is 2.58. The second kappa shape index (κ2) is 7.28. The molecule has 120 valence electrons. The molecule has 1 aliphatic carbocycles.